The van der Waals surface area contributed by atoms with Crippen molar-refractivity contribution in [2.45, 2.75) is 32.9 Å². The molecule has 0 spiro atoms. The lowest BCUT2D eigenvalue weighted by Gasteiger charge is -2.21. The average molecular weight is 209 g/mol. The van der Waals surface area contributed by atoms with Gasteiger partial charge in [-0.15, -0.1) is 0 Å². The van der Waals surface area contributed by atoms with Crippen molar-refractivity contribution in [3.05, 3.63) is 17.5 Å². The molecule has 4 nitrogen and oxygen atoms in total. The van der Waals surface area contributed by atoms with E-state index in [1.165, 1.54) is 11.3 Å². The van der Waals surface area contributed by atoms with Crippen LogP contribution in [-0.2, 0) is 17.8 Å². The summed E-state index contributed by atoms with van der Waals surface area (Å²) in [4.78, 5) is 0. The van der Waals surface area contributed by atoms with Gasteiger partial charge in [0.1, 0.15) is 0 Å². The first-order chi connectivity index (χ1) is 7.35. The van der Waals surface area contributed by atoms with E-state index < -0.39 is 0 Å². The summed E-state index contributed by atoms with van der Waals surface area (Å²) >= 11 is 0. The van der Waals surface area contributed by atoms with Crippen LogP contribution in [0.2, 0.25) is 0 Å². The van der Waals surface area contributed by atoms with Crippen LogP contribution in [0.1, 0.15) is 31.0 Å². The Morgan fingerprint density at radius 3 is 3.20 bits per heavy atom. The highest BCUT2D eigenvalue weighted by Crippen LogP contribution is 2.22. The van der Waals surface area contributed by atoms with Crippen LogP contribution < -0.4 is 5.32 Å². The zero-order valence-corrected chi connectivity index (χ0v) is 9.49. The van der Waals surface area contributed by atoms with Gasteiger partial charge in [-0.3, -0.25) is 4.68 Å². The van der Waals surface area contributed by atoms with Gasteiger partial charge in [0.25, 0.3) is 0 Å². The fraction of sp³-hybridized carbons (Fsp3) is 0.727. The number of nitrogens with one attached hydrogen (secondary N) is 1. The molecule has 4 heteroatoms. The molecule has 1 unspecified atom stereocenters. The molecular formula is C11H19N3O. The third kappa shape index (κ3) is 2.21. The number of hydrogen-bond acceptors (Lipinski definition) is 3. The summed E-state index contributed by atoms with van der Waals surface area (Å²) in [6.45, 7) is 8.56. The molecule has 0 saturated heterocycles. The number of fused-ring (bicyclic) bond motifs is 1. The van der Waals surface area contributed by atoms with E-state index in [1.54, 1.807) is 0 Å². The van der Waals surface area contributed by atoms with Gasteiger partial charge in [-0.05, 0) is 13.8 Å². The molecule has 2 heterocycles. The van der Waals surface area contributed by atoms with Gasteiger partial charge in [-0.2, -0.15) is 5.10 Å². The van der Waals surface area contributed by atoms with Gasteiger partial charge in [0, 0.05) is 43.9 Å². The Morgan fingerprint density at radius 2 is 2.47 bits per heavy atom. The molecule has 0 saturated carbocycles. The minimum Gasteiger partial charge on any atom is -0.381 e. The van der Waals surface area contributed by atoms with Crippen molar-refractivity contribution in [1.29, 1.82) is 0 Å². The number of rotatable bonds is 4. The van der Waals surface area contributed by atoms with Crippen molar-refractivity contribution in [1.82, 2.24) is 15.1 Å². The third-order valence-electron chi connectivity index (χ3n) is 2.81. The van der Waals surface area contributed by atoms with Gasteiger partial charge in [0.2, 0.25) is 0 Å². The fourth-order valence-electron chi connectivity index (χ4n) is 2.00. The van der Waals surface area contributed by atoms with Crippen LogP contribution in [0.4, 0.5) is 0 Å². The molecule has 0 radical (unpaired) electrons. The van der Waals surface area contributed by atoms with Crippen molar-refractivity contribution in [2.75, 3.05) is 19.8 Å². The van der Waals surface area contributed by atoms with Crippen molar-refractivity contribution in [2.24, 2.45) is 0 Å². The predicted molar refractivity (Wildman–Crippen MR) is 58.8 cm³/mol. The quantitative estimate of drug-likeness (QED) is 0.808. The lowest BCUT2D eigenvalue weighted by Crippen LogP contribution is -2.30. The first-order valence-corrected chi connectivity index (χ1v) is 5.69. The third-order valence-corrected chi connectivity index (χ3v) is 2.81. The second kappa shape index (κ2) is 4.77. The highest BCUT2D eigenvalue weighted by Gasteiger charge is 2.23. The Morgan fingerprint density at radius 1 is 1.60 bits per heavy atom. The van der Waals surface area contributed by atoms with Gasteiger partial charge >= 0.3 is 0 Å². The Bertz CT molecular complexity index is 322. The normalized spacial score (nSPS) is 20.3. The number of ether oxygens (including phenoxy) is 1. The number of aryl methyl sites for hydroxylation is 1. The van der Waals surface area contributed by atoms with Gasteiger partial charge in [-0.25, -0.2) is 0 Å². The second-order valence-corrected chi connectivity index (χ2v) is 3.88. The van der Waals surface area contributed by atoms with Gasteiger partial charge in [0.05, 0.1) is 12.3 Å². The number of nitrogens with zero attached hydrogens (tertiary/aromatic N) is 2. The highest BCUT2D eigenvalue weighted by molar-refractivity contribution is 5.24. The van der Waals surface area contributed by atoms with Crippen LogP contribution in [0.5, 0.6) is 0 Å². The Balaban J connectivity index is 2.14. The van der Waals surface area contributed by atoms with E-state index in [9.17, 15) is 0 Å². The van der Waals surface area contributed by atoms with Crippen LogP contribution in [0, 0.1) is 0 Å². The summed E-state index contributed by atoms with van der Waals surface area (Å²) in [7, 11) is 0. The molecule has 0 aromatic carbocycles. The maximum Gasteiger partial charge on any atom is 0.0736 e. The smallest absolute Gasteiger partial charge is 0.0736 e. The lowest BCUT2D eigenvalue weighted by atomic mass is 9.99. The molecule has 1 aliphatic rings. The summed E-state index contributed by atoms with van der Waals surface area (Å²) in [5.74, 6) is 0.418. The minimum atomic E-state index is 0.418. The van der Waals surface area contributed by atoms with E-state index in [1.807, 2.05) is 11.6 Å². The minimum absolute atomic E-state index is 0.418. The second-order valence-electron chi connectivity index (χ2n) is 3.88. The first kappa shape index (κ1) is 10.6. The largest absolute Gasteiger partial charge is 0.381 e. The monoisotopic (exact) mass is 209 g/mol. The molecule has 15 heavy (non-hydrogen) atoms. The maximum absolute atomic E-state index is 5.48. The summed E-state index contributed by atoms with van der Waals surface area (Å²) < 4.78 is 7.49. The van der Waals surface area contributed by atoms with Crippen molar-refractivity contribution in [3.8, 4) is 0 Å². The van der Waals surface area contributed by atoms with E-state index >= 15 is 0 Å². The summed E-state index contributed by atoms with van der Waals surface area (Å²) in [5.41, 5.74) is 2.55. The van der Waals surface area contributed by atoms with Crippen molar-refractivity contribution in [3.63, 3.8) is 0 Å². The van der Waals surface area contributed by atoms with Gasteiger partial charge in [0.15, 0.2) is 0 Å². The van der Waals surface area contributed by atoms with Crippen LogP contribution >= 0.6 is 0 Å². The van der Waals surface area contributed by atoms with E-state index in [-0.39, 0.29) is 0 Å². The molecule has 0 aliphatic carbocycles. The number of hydrogen-bond donors (Lipinski definition) is 1. The highest BCUT2D eigenvalue weighted by atomic mass is 16.5. The topological polar surface area (TPSA) is 39.1 Å². The molecular weight excluding hydrogens is 190 g/mol. The molecule has 0 fully saturated rings. The average Bonchev–Trinajstić information content (AvgIpc) is 2.69. The van der Waals surface area contributed by atoms with E-state index in [4.69, 9.17) is 4.74 Å². The van der Waals surface area contributed by atoms with Gasteiger partial charge in [-0.1, -0.05) is 0 Å². The summed E-state index contributed by atoms with van der Waals surface area (Å²) in [5, 5.41) is 8.00. The lowest BCUT2D eigenvalue weighted by molar-refractivity contribution is 0.128. The molecule has 1 atom stereocenters. The molecule has 0 amide bonds. The Labute approximate surface area is 90.6 Å². The SMILES string of the molecule is CCOCC1CNCc2cn(CC)nc21. The molecule has 2 rings (SSSR count). The zero-order chi connectivity index (χ0) is 10.7. The van der Waals surface area contributed by atoms with Gasteiger partial charge < -0.3 is 10.1 Å². The molecule has 1 N–H and O–H groups in total. The fourth-order valence-corrected chi connectivity index (χ4v) is 2.00. The Kier molecular flexibility index (Phi) is 3.38. The predicted octanol–water partition coefficient (Wildman–Crippen LogP) is 1.13. The van der Waals surface area contributed by atoms with E-state index in [0.717, 1.165) is 32.8 Å². The van der Waals surface area contributed by atoms with Crippen LogP contribution in [0.15, 0.2) is 6.20 Å². The summed E-state index contributed by atoms with van der Waals surface area (Å²) in [6.07, 6.45) is 2.14. The molecule has 1 aromatic rings. The molecule has 0 bridgehead atoms. The Hall–Kier alpha value is -0.870. The van der Waals surface area contributed by atoms with Crippen LogP contribution in [0.25, 0.3) is 0 Å². The van der Waals surface area contributed by atoms with E-state index in [2.05, 4.69) is 23.5 Å². The molecule has 1 aliphatic heterocycles. The van der Waals surface area contributed by atoms with E-state index in [0.29, 0.717) is 5.92 Å². The van der Waals surface area contributed by atoms with Crippen LogP contribution in [-0.4, -0.2) is 29.5 Å². The summed E-state index contributed by atoms with van der Waals surface area (Å²) in [6, 6.07) is 0. The molecule has 84 valence electrons. The standard InChI is InChI=1S/C11H19N3O/c1-3-14-7-9-5-12-6-10(8-15-4-2)11(9)13-14/h7,10,12H,3-6,8H2,1-2H3. The maximum atomic E-state index is 5.48. The van der Waals surface area contributed by atoms with Crippen molar-refractivity contribution >= 4 is 0 Å². The van der Waals surface area contributed by atoms with Crippen molar-refractivity contribution < 1.29 is 4.74 Å². The number of aromatic nitrogens is 2. The molecule has 1 aromatic heterocycles. The zero-order valence-electron chi connectivity index (χ0n) is 9.49. The first-order valence-electron chi connectivity index (χ1n) is 5.69. The van der Waals surface area contributed by atoms with Crippen LogP contribution in [0.3, 0.4) is 0 Å².